The van der Waals surface area contributed by atoms with Gasteiger partial charge in [0, 0.05) is 0 Å². The van der Waals surface area contributed by atoms with E-state index in [1.54, 1.807) is 12.1 Å². The van der Waals surface area contributed by atoms with E-state index < -0.39 is 8.25 Å². The van der Waals surface area contributed by atoms with Crippen LogP contribution < -0.4 is 9.42 Å². The molecule has 1 aromatic rings. The van der Waals surface area contributed by atoms with Gasteiger partial charge in [-0.2, -0.15) is 0 Å². The Morgan fingerprint density at radius 2 is 1.56 bits per heavy atom. The molecule has 3 nitrogen and oxygen atoms in total. The highest BCUT2D eigenvalue weighted by Gasteiger charge is 2.14. The van der Waals surface area contributed by atoms with Crippen LogP contribution in [-0.4, -0.2) is 0 Å². The van der Waals surface area contributed by atoms with Crippen molar-refractivity contribution in [1.29, 1.82) is 0 Å². The highest BCUT2D eigenvalue weighted by Crippen LogP contribution is 2.26. The average Bonchev–Trinajstić information content (AvgIpc) is 2.28. The third-order valence-corrected chi connectivity index (χ3v) is 2.76. The van der Waals surface area contributed by atoms with Crippen LogP contribution in [-0.2, 0) is 9.98 Å². The molecule has 0 amide bonds. The molecule has 0 aliphatic rings. The van der Waals surface area contributed by atoms with Crippen LogP contribution in [0.4, 0.5) is 0 Å². The van der Waals surface area contributed by atoms with E-state index in [1.165, 1.54) is 12.8 Å². The Morgan fingerprint density at radius 1 is 1.11 bits per heavy atom. The quantitative estimate of drug-likeness (QED) is 0.774. The lowest BCUT2D eigenvalue weighted by molar-refractivity contribution is -0.178. The molecule has 1 unspecified atom stereocenters. The van der Waals surface area contributed by atoms with Gasteiger partial charge in [0.15, 0.2) is 5.75 Å². The maximum absolute atomic E-state index is 10.3. The third kappa shape index (κ3) is 7.41. The van der Waals surface area contributed by atoms with Gasteiger partial charge in [-0.1, -0.05) is 59.6 Å². The number of benzene rings is 1. The third-order valence-electron chi connectivity index (χ3n) is 2.40. The summed E-state index contributed by atoms with van der Waals surface area (Å²) in [7, 11) is -2.81. The first-order valence-electron chi connectivity index (χ1n) is 6.24. The van der Waals surface area contributed by atoms with E-state index >= 15 is 0 Å². The summed E-state index contributed by atoms with van der Waals surface area (Å²) in [6.45, 7) is 10.6. The maximum Gasteiger partial charge on any atom is 0.539 e. The SMILES string of the molecule is CC(C)(C)c1ccc(O[P+](=O)[O-])cc1.CCCC. The van der Waals surface area contributed by atoms with E-state index in [0.717, 1.165) is 5.56 Å². The second kappa shape index (κ2) is 8.23. The van der Waals surface area contributed by atoms with Crippen LogP contribution in [0.25, 0.3) is 0 Å². The van der Waals surface area contributed by atoms with Crippen molar-refractivity contribution in [3.63, 3.8) is 0 Å². The van der Waals surface area contributed by atoms with Gasteiger partial charge < -0.3 is 4.89 Å². The van der Waals surface area contributed by atoms with Crippen LogP contribution in [0.5, 0.6) is 5.75 Å². The Kier molecular flexibility index (Phi) is 7.81. The first-order chi connectivity index (χ1) is 8.31. The molecular formula is C14H23O3P. The molecule has 18 heavy (non-hydrogen) atoms. The maximum atomic E-state index is 10.3. The van der Waals surface area contributed by atoms with Crippen LogP contribution in [0, 0.1) is 0 Å². The number of unbranched alkanes of at least 4 members (excludes halogenated alkanes) is 1. The lowest BCUT2D eigenvalue weighted by Gasteiger charge is -2.18. The molecule has 1 atom stereocenters. The van der Waals surface area contributed by atoms with E-state index in [0.29, 0.717) is 5.75 Å². The zero-order valence-electron chi connectivity index (χ0n) is 11.9. The lowest BCUT2D eigenvalue weighted by Crippen LogP contribution is -2.10. The molecule has 1 rings (SSSR count). The van der Waals surface area contributed by atoms with E-state index in [4.69, 9.17) is 0 Å². The van der Waals surface area contributed by atoms with Crippen molar-refractivity contribution in [3.8, 4) is 5.75 Å². The molecule has 102 valence electrons. The van der Waals surface area contributed by atoms with E-state index in [1.807, 2.05) is 12.1 Å². The molecule has 0 bridgehead atoms. The number of hydrogen-bond donors (Lipinski definition) is 0. The zero-order valence-corrected chi connectivity index (χ0v) is 12.8. The van der Waals surface area contributed by atoms with Gasteiger partial charge in [0.05, 0.1) is 0 Å². The van der Waals surface area contributed by atoms with Gasteiger partial charge in [0.1, 0.15) is 0 Å². The summed E-state index contributed by atoms with van der Waals surface area (Å²) < 4.78 is 14.8. The highest BCUT2D eigenvalue weighted by molar-refractivity contribution is 7.31. The molecule has 0 spiro atoms. The molecule has 0 radical (unpaired) electrons. The minimum Gasteiger partial charge on any atom is -0.558 e. The fourth-order valence-electron chi connectivity index (χ4n) is 1.10. The van der Waals surface area contributed by atoms with Gasteiger partial charge in [-0.15, -0.1) is 0 Å². The molecule has 0 fully saturated rings. The topological polar surface area (TPSA) is 49.4 Å². The molecule has 0 saturated heterocycles. The minimum absolute atomic E-state index is 0.0677. The molecule has 0 N–H and O–H groups in total. The monoisotopic (exact) mass is 270 g/mol. The summed E-state index contributed by atoms with van der Waals surface area (Å²) in [6.07, 6.45) is 2.64. The number of rotatable bonds is 3. The normalized spacial score (nSPS) is 11.3. The van der Waals surface area contributed by atoms with Crippen molar-refractivity contribution in [2.45, 2.75) is 52.9 Å². The van der Waals surface area contributed by atoms with Gasteiger partial charge >= 0.3 is 8.25 Å². The standard InChI is InChI=1S/C10H13O3P.C4H10/c1-10(2,3)8-4-6-9(7-5-8)13-14(11)12;1-3-4-2/h4-7H,1-3H3;3-4H2,1-2H3. The number of hydrogen-bond acceptors (Lipinski definition) is 3. The predicted molar refractivity (Wildman–Crippen MR) is 74.0 cm³/mol. The second-order valence-corrected chi connectivity index (χ2v) is 5.72. The predicted octanol–water partition coefficient (Wildman–Crippen LogP) is 4.19. The summed E-state index contributed by atoms with van der Waals surface area (Å²) in [6, 6.07) is 7.06. The Bertz CT molecular complexity index is 350. The van der Waals surface area contributed by atoms with Crippen molar-refractivity contribution >= 4 is 8.25 Å². The van der Waals surface area contributed by atoms with Crippen LogP contribution in [0.1, 0.15) is 53.0 Å². The van der Waals surface area contributed by atoms with E-state index in [2.05, 4.69) is 39.1 Å². The van der Waals surface area contributed by atoms with Crippen molar-refractivity contribution in [3.05, 3.63) is 29.8 Å². The molecular weight excluding hydrogens is 247 g/mol. The molecule has 0 saturated carbocycles. The fourth-order valence-corrected chi connectivity index (χ4v) is 1.40. The van der Waals surface area contributed by atoms with E-state index in [9.17, 15) is 9.46 Å². The van der Waals surface area contributed by atoms with Gasteiger partial charge in [0.2, 0.25) is 0 Å². The Balaban J connectivity index is 0.000000631. The molecule has 0 heterocycles. The summed E-state index contributed by atoms with van der Waals surface area (Å²) >= 11 is 0. The van der Waals surface area contributed by atoms with Gasteiger partial charge in [-0.05, 0) is 27.7 Å². The van der Waals surface area contributed by atoms with Crippen molar-refractivity contribution in [2.24, 2.45) is 0 Å². The molecule has 4 heteroatoms. The molecule has 1 aromatic carbocycles. The van der Waals surface area contributed by atoms with Crippen LogP contribution >= 0.6 is 8.25 Å². The summed E-state index contributed by atoms with van der Waals surface area (Å²) in [5.74, 6) is 0.356. The van der Waals surface area contributed by atoms with Crippen molar-refractivity contribution in [1.82, 2.24) is 0 Å². The minimum atomic E-state index is -2.81. The fraction of sp³-hybridized carbons (Fsp3) is 0.571. The first-order valence-corrected chi connectivity index (χ1v) is 7.33. The summed E-state index contributed by atoms with van der Waals surface area (Å²) in [5, 5.41) is 0. The highest BCUT2D eigenvalue weighted by atomic mass is 31.1. The van der Waals surface area contributed by atoms with Crippen molar-refractivity contribution in [2.75, 3.05) is 0 Å². The van der Waals surface area contributed by atoms with Gasteiger partial charge in [0.25, 0.3) is 0 Å². The molecule has 0 aliphatic carbocycles. The van der Waals surface area contributed by atoms with E-state index in [-0.39, 0.29) is 5.41 Å². The largest absolute Gasteiger partial charge is 0.558 e. The first kappa shape index (κ1) is 17.1. The molecule has 0 aromatic heterocycles. The Morgan fingerprint density at radius 3 is 1.83 bits per heavy atom. The summed E-state index contributed by atoms with van der Waals surface area (Å²) in [5.41, 5.74) is 1.21. The lowest BCUT2D eigenvalue weighted by atomic mass is 9.87. The molecule has 0 aliphatic heterocycles. The Hall–Kier alpha value is -0.920. The average molecular weight is 270 g/mol. The second-order valence-electron chi connectivity index (χ2n) is 5.09. The van der Waals surface area contributed by atoms with Crippen molar-refractivity contribution < 1.29 is 14.0 Å². The van der Waals surface area contributed by atoms with Gasteiger partial charge in [-0.3, -0.25) is 4.52 Å². The van der Waals surface area contributed by atoms with Crippen LogP contribution in [0.2, 0.25) is 0 Å². The van der Waals surface area contributed by atoms with Crippen LogP contribution in [0.3, 0.4) is 0 Å². The summed E-state index contributed by atoms with van der Waals surface area (Å²) in [4.78, 5) is 10.3. The van der Waals surface area contributed by atoms with Crippen LogP contribution in [0.15, 0.2) is 24.3 Å². The Labute approximate surface area is 111 Å². The zero-order chi connectivity index (χ0) is 14.2. The smallest absolute Gasteiger partial charge is 0.539 e. The van der Waals surface area contributed by atoms with Gasteiger partial charge in [-0.25, -0.2) is 0 Å².